The maximum atomic E-state index is 3.55. The Hall–Kier alpha value is -1.02. The number of anilines is 1. The lowest BCUT2D eigenvalue weighted by Crippen LogP contribution is -2.33. The lowest BCUT2D eigenvalue weighted by Gasteiger charge is -2.26. The van der Waals surface area contributed by atoms with E-state index >= 15 is 0 Å². The Morgan fingerprint density at radius 1 is 1.26 bits per heavy atom. The van der Waals surface area contributed by atoms with Crippen LogP contribution in [0, 0.1) is 5.92 Å². The molecule has 1 aromatic rings. The predicted octanol–water partition coefficient (Wildman–Crippen LogP) is 3.71. The summed E-state index contributed by atoms with van der Waals surface area (Å²) in [4.78, 5) is 2.74. The summed E-state index contributed by atoms with van der Waals surface area (Å²) in [5, 5.41) is 3.55. The third-order valence-electron chi connectivity index (χ3n) is 4.45. The third-order valence-corrected chi connectivity index (χ3v) is 4.45. The number of hydrogen-bond acceptors (Lipinski definition) is 2. The monoisotopic (exact) mass is 258 g/mol. The molecule has 1 N–H and O–H groups in total. The first-order valence-corrected chi connectivity index (χ1v) is 7.81. The number of nitrogens with one attached hydrogen (secondary N) is 1. The van der Waals surface area contributed by atoms with E-state index in [1.807, 2.05) is 0 Å². The van der Waals surface area contributed by atoms with E-state index in [-0.39, 0.29) is 0 Å². The van der Waals surface area contributed by atoms with Crippen LogP contribution in [-0.4, -0.2) is 30.6 Å². The van der Waals surface area contributed by atoms with Gasteiger partial charge in [0.15, 0.2) is 0 Å². The lowest BCUT2D eigenvalue weighted by molar-refractivity contribution is 0.236. The van der Waals surface area contributed by atoms with Gasteiger partial charge in [-0.15, -0.1) is 0 Å². The molecule has 1 aliphatic heterocycles. The number of para-hydroxylation sites is 1. The van der Waals surface area contributed by atoms with Crippen molar-refractivity contribution < 1.29 is 0 Å². The van der Waals surface area contributed by atoms with Crippen molar-refractivity contribution in [1.29, 1.82) is 0 Å². The maximum Gasteiger partial charge on any atom is 0.0376 e. The molecule has 0 amide bonds. The second-order valence-electron chi connectivity index (χ2n) is 6.57. The molecule has 104 valence electrons. The molecule has 2 aliphatic rings. The van der Waals surface area contributed by atoms with Gasteiger partial charge < -0.3 is 5.32 Å². The Balaban J connectivity index is 1.63. The highest BCUT2D eigenvalue weighted by Gasteiger charge is 2.32. The summed E-state index contributed by atoms with van der Waals surface area (Å²) < 4.78 is 0. The Kier molecular flexibility index (Phi) is 3.79. The van der Waals surface area contributed by atoms with Crippen molar-refractivity contribution in [2.75, 3.05) is 25.0 Å². The second kappa shape index (κ2) is 5.54. The first kappa shape index (κ1) is 13.0. The van der Waals surface area contributed by atoms with E-state index in [4.69, 9.17) is 0 Å². The summed E-state index contributed by atoms with van der Waals surface area (Å²) in [6.07, 6.45) is 4.16. The first-order valence-electron chi connectivity index (χ1n) is 7.81. The summed E-state index contributed by atoms with van der Waals surface area (Å²) in [7, 11) is 0. The van der Waals surface area contributed by atoms with Gasteiger partial charge in [0.2, 0.25) is 0 Å². The lowest BCUT2D eigenvalue weighted by atomic mass is 10.00. The van der Waals surface area contributed by atoms with Gasteiger partial charge >= 0.3 is 0 Å². The van der Waals surface area contributed by atoms with E-state index in [2.05, 4.69) is 48.3 Å². The minimum Gasteiger partial charge on any atom is -0.384 e. The quantitative estimate of drug-likeness (QED) is 0.837. The maximum absolute atomic E-state index is 3.55. The van der Waals surface area contributed by atoms with Gasteiger partial charge in [-0.1, -0.05) is 32.0 Å². The van der Waals surface area contributed by atoms with Gasteiger partial charge in [0.25, 0.3) is 0 Å². The molecular weight excluding hydrogens is 232 g/mol. The van der Waals surface area contributed by atoms with Crippen molar-refractivity contribution in [3.05, 3.63) is 29.8 Å². The summed E-state index contributed by atoms with van der Waals surface area (Å²) in [6.45, 7) is 8.29. The van der Waals surface area contributed by atoms with Crippen molar-refractivity contribution in [2.24, 2.45) is 5.92 Å². The fourth-order valence-corrected chi connectivity index (χ4v) is 3.09. The largest absolute Gasteiger partial charge is 0.384 e. The number of fused-ring (bicyclic) bond motifs is 1. The molecule has 2 heteroatoms. The minimum absolute atomic E-state index is 0.684. The van der Waals surface area contributed by atoms with E-state index < -0.39 is 0 Å². The molecule has 1 unspecified atom stereocenters. The van der Waals surface area contributed by atoms with Crippen LogP contribution in [0.3, 0.4) is 0 Å². The molecule has 19 heavy (non-hydrogen) atoms. The van der Waals surface area contributed by atoms with Crippen LogP contribution in [0.25, 0.3) is 0 Å². The van der Waals surface area contributed by atoms with Gasteiger partial charge in [-0.05, 0) is 43.4 Å². The highest BCUT2D eigenvalue weighted by molar-refractivity contribution is 5.57. The zero-order chi connectivity index (χ0) is 13.2. The van der Waals surface area contributed by atoms with Crippen LogP contribution in [0.1, 0.15) is 44.6 Å². The normalized spacial score (nSPS) is 21.8. The van der Waals surface area contributed by atoms with Crippen molar-refractivity contribution in [3.8, 4) is 0 Å². The van der Waals surface area contributed by atoms with Gasteiger partial charge in [0.1, 0.15) is 0 Å². The molecule has 1 aromatic carbocycles. The zero-order valence-electron chi connectivity index (χ0n) is 12.2. The van der Waals surface area contributed by atoms with Gasteiger partial charge in [0, 0.05) is 30.7 Å². The van der Waals surface area contributed by atoms with Crippen LogP contribution in [-0.2, 0) is 0 Å². The Morgan fingerprint density at radius 2 is 2.05 bits per heavy atom. The van der Waals surface area contributed by atoms with Gasteiger partial charge in [0.05, 0.1) is 0 Å². The molecule has 1 saturated carbocycles. The predicted molar refractivity (Wildman–Crippen MR) is 81.7 cm³/mol. The van der Waals surface area contributed by atoms with E-state index in [0.29, 0.717) is 5.92 Å². The number of nitrogens with zero attached hydrogens (tertiary/aromatic N) is 1. The average Bonchev–Trinajstić information content (AvgIpc) is 3.17. The van der Waals surface area contributed by atoms with Crippen LogP contribution in [0.5, 0.6) is 0 Å². The van der Waals surface area contributed by atoms with Crippen LogP contribution in [0.4, 0.5) is 5.69 Å². The number of hydrogen-bond donors (Lipinski definition) is 1. The fraction of sp³-hybridized carbons (Fsp3) is 0.647. The fourth-order valence-electron chi connectivity index (χ4n) is 3.09. The smallest absolute Gasteiger partial charge is 0.0376 e. The van der Waals surface area contributed by atoms with Crippen LogP contribution in [0.15, 0.2) is 24.3 Å². The Bertz CT molecular complexity index is 423. The molecule has 1 atom stereocenters. The van der Waals surface area contributed by atoms with E-state index in [0.717, 1.165) is 18.5 Å². The standard InChI is InChI=1S/C17H26N2/c1-13(2)9-10-19(15-7-8-15)12-14-11-18-17-6-4-3-5-16(14)17/h3-6,13-15,18H,7-12H2,1-2H3. The molecule has 1 aliphatic carbocycles. The molecule has 1 fully saturated rings. The van der Waals surface area contributed by atoms with Crippen LogP contribution < -0.4 is 5.32 Å². The third kappa shape index (κ3) is 3.11. The van der Waals surface area contributed by atoms with Gasteiger partial charge in [-0.2, -0.15) is 0 Å². The molecule has 3 rings (SSSR count). The molecule has 0 aromatic heterocycles. The topological polar surface area (TPSA) is 15.3 Å². The molecule has 0 spiro atoms. The first-order chi connectivity index (χ1) is 9.24. The molecular formula is C17H26N2. The highest BCUT2D eigenvalue weighted by Crippen LogP contribution is 2.35. The van der Waals surface area contributed by atoms with Crippen molar-refractivity contribution in [1.82, 2.24) is 4.90 Å². The summed E-state index contributed by atoms with van der Waals surface area (Å²) in [5.74, 6) is 1.50. The van der Waals surface area contributed by atoms with E-state index in [1.54, 1.807) is 0 Å². The highest BCUT2D eigenvalue weighted by atomic mass is 15.2. The molecule has 0 radical (unpaired) electrons. The summed E-state index contributed by atoms with van der Waals surface area (Å²) in [5.41, 5.74) is 2.88. The average molecular weight is 258 g/mol. The van der Waals surface area contributed by atoms with Crippen molar-refractivity contribution in [2.45, 2.75) is 45.1 Å². The minimum atomic E-state index is 0.684. The van der Waals surface area contributed by atoms with Crippen molar-refractivity contribution in [3.63, 3.8) is 0 Å². The van der Waals surface area contributed by atoms with E-state index in [9.17, 15) is 0 Å². The zero-order valence-corrected chi connectivity index (χ0v) is 12.2. The van der Waals surface area contributed by atoms with Crippen molar-refractivity contribution >= 4 is 5.69 Å². The summed E-state index contributed by atoms with van der Waals surface area (Å²) >= 11 is 0. The Labute approximate surface area is 117 Å². The molecule has 0 saturated heterocycles. The SMILES string of the molecule is CC(C)CCN(CC1CNc2ccccc21)C1CC1. The van der Waals surface area contributed by atoms with Crippen LogP contribution >= 0.6 is 0 Å². The second-order valence-corrected chi connectivity index (χ2v) is 6.57. The van der Waals surface area contributed by atoms with Gasteiger partial charge in [-0.3, -0.25) is 4.90 Å². The van der Waals surface area contributed by atoms with E-state index in [1.165, 1.54) is 43.6 Å². The Morgan fingerprint density at radius 3 is 2.79 bits per heavy atom. The summed E-state index contributed by atoms with van der Waals surface area (Å²) in [6, 6.07) is 9.70. The van der Waals surface area contributed by atoms with Crippen LogP contribution in [0.2, 0.25) is 0 Å². The van der Waals surface area contributed by atoms with Gasteiger partial charge in [-0.25, -0.2) is 0 Å². The number of benzene rings is 1. The molecule has 2 nitrogen and oxygen atoms in total. The number of rotatable bonds is 6. The molecule has 1 heterocycles. The molecule has 0 bridgehead atoms.